The van der Waals surface area contributed by atoms with Gasteiger partial charge < -0.3 is 14.8 Å². The average molecular weight is 251 g/mol. The number of hydrogen-bond acceptors (Lipinski definition) is 4. The summed E-state index contributed by atoms with van der Waals surface area (Å²) in [6.45, 7) is 2.95. The summed E-state index contributed by atoms with van der Waals surface area (Å²) in [4.78, 5) is 21.9. The first-order chi connectivity index (χ1) is 8.67. The number of carbonyl (C=O) groups is 2. The standard InChI is InChI=1S/C13H17NO4/c1-3-18-11-6-4-10(5-7-11)8-9-14-12(15)13(16)17-2/h4-7H,3,8-9H2,1-2H3,(H,14,15). The summed E-state index contributed by atoms with van der Waals surface area (Å²) in [5, 5.41) is 2.48. The Hall–Kier alpha value is -2.04. The number of esters is 1. The minimum atomic E-state index is -0.873. The summed E-state index contributed by atoms with van der Waals surface area (Å²) < 4.78 is 9.61. The van der Waals surface area contributed by atoms with Crippen LogP contribution in [0.15, 0.2) is 24.3 Å². The molecule has 0 bridgehead atoms. The van der Waals surface area contributed by atoms with Gasteiger partial charge in [-0.3, -0.25) is 4.79 Å². The molecule has 1 N–H and O–H groups in total. The van der Waals surface area contributed by atoms with Gasteiger partial charge in [0.2, 0.25) is 0 Å². The van der Waals surface area contributed by atoms with Gasteiger partial charge in [-0.25, -0.2) is 4.79 Å². The number of ether oxygens (including phenoxy) is 2. The quantitative estimate of drug-likeness (QED) is 0.624. The molecule has 0 atom stereocenters. The van der Waals surface area contributed by atoms with Crippen molar-refractivity contribution in [1.82, 2.24) is 5.32 Å². The van der Waals surface area contributed by atoms with Gasteiger partial charge in [0.25, 0.3) is 0 Å². The molecule has 0 aromatic heterocycles. The molecule has 1 aromatic rings. The number of rotatable bonds is 5. The Bertz CT molecular complexity index is 400. The molecule has 0 heterocycles. The van der Waals surface area contributed by atoms with Crippen molar-refractivity contribution in [1.29, 1.82) is 0 Å². The van der Waals surface area contributed by atoms with Crippen LogP contribution in [0.1, 0.15) is 12.5 Å². The third-order valence-electron chi connectivity index (χ3n) is 2.30. The number of methoxy groups -OCH3 is 1. The topological polar surface area (TPSA) is 64.6 Å². The van der Waals surface area contributed by atoms with Crippen LogP contribution >= 0.6 is 0 Å². The lowest BCUT2D eigenvalue weighted by molar-refractivity contribution is -0.152. The third kappa shape index (κ3) is 4.45. The predicted octanol–water partition coefficient (Wildman–Crippen LogP) is 0.917. The van der Waals surface area contributed by atoms with Crippen LogP contribution in [0.2, 0.25) is 0 Å². The summed E-state index contributed by atoms with van der Waals surface area (Å²) in [5.41, 5.74) is 1.06. The van der Waals surface area contributed by atoms with Gasteiger partial charge in [0.05, 0.1) is 13.7 Å². The molecule has 0 aliphatic rings. The van der Waals surface area contributed by atoms with Crippen LogP contribution in [0.25, 0.3) is 0 Å². The minimum absolute atomic E-state index is 0.391. The smallest absolute Gasteiger partial charge is 0.396 e. The highest BCUT2D eigenvalue weighted by Crippen LogP contribution is 2.12. The summed E-state index contributed by atoms with van der Waals surface area (Å²) in [6, 6.07) is 7.60. The molecule has 0 unspecified atom stereocenters. The highest BCUT2D eigenvalue weighted by atomic mass is 16.5. The molecule has 0 fully saturated rings. The van der Waals surface area contributed by atoms with E-state index in [2.05, 4.69) is 10.1 Å². The lowest BCUT2D eigenvalue weighted by Crippen LogP contribution is -2.33. The lowest BCUT2D eigenvalue weighted by atomic mass is 10.1. The van der Waals surface area contributed by atoms with E-state index in [9.17, 15) is 9.59 Å². The summed E-state index contributed by atoms with van der Waals surface area (Å²) >= 11 is 0. The molecule has 1 rings (SSSR count). The van der Waals surface area contributed by atoms with Gasteiger partial charge in [0.15, 0.2) is 0 Å². The Morgan fingerprint density at radius 2 is 1.89 bits per heavy atom. The Morgan fingerprint density at radius 3 is 2.44 bits per heavy atom. The molecule has 0 radical (unpaired) electrons. The van der Waals surface area contributed by atoms with E-state index >= 15 is 0 Å². The number of hydrogen-bond donors (Lipinski definition) is 1. The molecule has 1 aromatic carbocycles. The van der Waals surface area contributed by atoms with E-state index in [1.165, 1.54) is 7.11 Å². The highest BCUT2D eigenvalue weighted by molar-refractivity contribution is 6.32. The average Bonchev–Trinajstić information content (AvgIpc) is 2.40. The fraction of sp³-hybridized carbons (Fsp3) is 0.385. The van der Waals surface area contributed by atoms with Crippen molar-refractivity contribution in [2.24, 2.45) is 0 Å². The van der Waals surface area contributed by atoms with Gasteiger partial charge in [-0.1, -0.05) is 12.1 Å². The summed E-state index contributed by atoms with van der Waals surface area (Å²) in [7, 11) is 1.17. The zero-order chi connectivity index (χ0) is 13.4. The lowest BCUT2D eigenvalue weighted by Gasteiger charge is -2.06. The molecular weight excluding hydrogens is 234 g/mol. The van der Waals surface area contributed by atoms with E-state index in [0.29, 0.717) is 19.6 Å². The third-order valence-corrected chi connectivity index (χ3v) is 2.30. The van der Waals surface area contributed by atoms with Crippen LogP contribution in [0.3, 0.4) is 0 Å². The van der Waals surface area contributed by atoms with Crippen LogP contribution in [0.4, 0.5) is 0 Å². The zero-order valence-electron chi connectivity index (χ0n) is 10.6. The highest BCUT2D eigenvalue weighted by Gasteiger charge is 2.11. The van der Waals surface area contributed by atoms with Crippen molar-refractivity contribution in [2.45, 2.75) is 13.3 Å². The van der Waals surface area contributed by atoms with Crippen LogP contribution in [-0.2, 0) is 20.7 Å². The molecule has 5 heteroatoms. The first kappa shape index (κ1) is 14.0. The summed E-state index contributed by atoms with van der Waals surface area (Å²) in [5.74, 6) is -0.773. The van der Waals surface area contributed by atoms with Gasteiger partial charge in [-0.05, 0) is 31.0 Å². The van der Waals surface area contributed by atoms with E-state index in [4.69, 9.17) is 4.74 Å². The van der Waals surface area contributed by atoms with E-state index in [1.54, 1.807) is 0 Å². The molecule has 0 aliphatic carbocycles. The molecule has 98 valence electrons. The van der Waals surface area contributed by atoms with Gasteiger partial charge in [-0.15, -0.1) is 0 Å². The Morgan fingerprint density at radius 1 is 1.22 bits per heavy atom. The van der Waals surface area contributed by atoms with Crippen molar-refractivity contribution in [3.8, 4) is 5.75 Å². The minimum Gasteiger partial charge on any atom is -0.494 e. The number of amides is 1. The normalized spacial score (nSPS) is 9.67. The van der Waals surface area contributed by atoms with Crippen molar-refractivity contribution < 1.29 is 19.1 Å². The maximum absolute atomic E-state index is 11.1. The number of carbonyl (C=O) groups excluding carboxylic acids is 2. The fourth-order valence-corrected chi connectivity index (χ4v) is 1.40. The van der Waals surface area contributed by atoms with Gasteiger partial charge in [-0.2, -0.15) is 0 Å². The van der Waals surface area contributed by atoms with Crippen LogP contribution < -0.4 is 10.1 Å². The summed E-state index contributed by atoms with van der Waals surface area (Å²) in [6.07, 6.45) is 0.648. The predicted molar refractivity (Wildman–Crippen MR) is 66.3 cm³/mol. The second-order valence-electron chi connectivity index (χ2n) is 3.57. The first-order valence-electron chi connectivity index (χ1n) is 5.75. The number of benzene rings is 1. The van der Waals surface area contributed by atoms with Crippen molar-refractivity contribution in [3.63, 3.8) is 0 Å². The van der Waals surface area contributed by atoms with Gasteiger partial charge >= 0.3 is 11.9 Å². The van der Waals surface area contributed by atoms with Gasteiger partial charge in [0.1, 0.15) is 5.75 Å². The molecule has 0 aliphatic heterocycles. The maximum Gasteiger partial charge on any atom is 0.396 e. The van der Waals surface area contributed by atoms with E-state index in [0.717, 1.165) is 11.3 Å². The molecule has 18 heavy (non-hydrogen) atoms. The first-order valence-corrected chi connectivity index (χ1v) is 5.75. The molecule has 0 saturated carbocycles. The second kappa shape index (κ2) is 7.32. The van der Waals surface area contributed by atoms with Crippen LogP contribution in [0, 0.1) is 0 Å². The van der Waals surface area contributed by atoms with Crippen LogP contribution in [0.5, 0.6) is 5.75 Å². The van der Waals surface area contributed by atoms with Gasteiger partial charge in [0, 0.05) is 6.54 Å². The Kier molecular flexibility index (Phi) is 5.70. The SMILES string of the molecule is CCOc1ccc(CCNC(=O)C(=O)OC)cc1. The Labute approximate surface area is 106 Å². The molecular formula is C13H17NO4. The maximum atomic E-state index is 11.1. The van der Waals surface area contributed by atoms with E-state index in [-0.39, 0.29) is 0 Å². The number of nitrogens with one attached hydrogen (secondary N) is 1. The van der Waals surface area contributed by atoms with Crippen molar-refractivity contribution >= 4 is 11.9 Å². The largest absolute Gasteiger partial charge is 0.494 e. The fourth-order valence-electron chi connectivity index (χ4n) is 1.40. The van der Waals surface area contributed by atoms with Crippen molar-refractivity contribution in [2.75, 3.05) is 20.3 Å². The molecule has 0 saturated heterocycles. The molecule has 0 spiro atoms. The second-order valence-corrected chi connectivity index (χ2v) is 3.57. The van der Waals surface area contributed by atoms with Crippen molar-refractivity contribution in [3.05, 3.63) is 29.8 Å². The Balaban J connectivity index is 2.35. The zero-order valence-corrected chi connectivity index (χ0v) is 10.6. The molecule has 1 amide bonds. The molecule has 5 nitrogen and oxygen atoms in total. The van der Waals surface area contributed by atoms with E-state index < -0.39 is 11.9 Å². The monoisotopic (exact) mass is 251 g/mol. The van der Waals surface area contributed by atoms with Crippen LogP contribution in [-0.4, -0.2) is 32.1 Å². The van der Waals surface area contributed by atoms with E-state index in [1.807, 2.05) is 31.2 Å².